The van der Waals surface area contributed by atoms with E-state index in [2.05, 4.69) is 5.32 Å². The van der Waals surface area contributed by atoms with Crippen LogP contribution in [0.2, 0.25) is 0 Å². The molecular weight excluding hydrogens is 318 g/mol. The van der Waals surface area contributed by atoms with E-state index in [1.807, 2.05) is 31.2 Å². The highest BCUT2D eigenvalue weighted by Gasteiger charge is 2.11. The number of hydrogen-bond donors (Lipinski definition) is 2. The Kier molecular flexibility index (Phi) is 7.16. The fourth-order valence-electron chi connectivity index (χ4n) is 2.56. The lowest BCUT2D eigenvalue weighted by Gasteiger charge is -2.11. The zero-order valence-corrected chi connectivity index (χ0v) is 14.3. The molecule has 0 radical (unpaired) electrons. The number of carbonyl (C=O) groups is 2. The van der Waals surface area contributed by atoms with Crippen LogP contribution in [0.4, 0.5) is 0 Å². The van der Waals surface area contributed by atoms with Crippen LogP contribution >= 0.6 is 0 Å². The van der Waals surface area contributed by atoms with Gasteiger partial charge >= 0.3 is 5.97 Å². The molecule has 0 saturated heterocycles. The zero-order valence-electron chi connectivity index (χ0n) is 14.3. The van der Waals surface area contributed by atoms with Crippen LogP contribution in [0, 0.1) is 0 Å². The van der Waals surface area contributed by atoms with E-state index < -0.39 is 5.97 Å². The molecule has 0 fully saturated rings. The molecule has 25 heavy (non-hydrogen) atoms. The maximum absolute atomic E-state index is 12.1. The Labute approximate surface area is 147 Å². The van der Waals surface area contributed by atoms with Crippen molar-refractivity contribution in [3.63, 3.8) is 0 Å². The number of nitrogens with one attached hydrogen (secondary N) is 1. The van der Waals surface area contributed by atoms with Crippen molar-refractivity contribution in [2.45, 2.75) is 32.9 Å². The van der Waals surface area contributed by atoms with Gasteiger partial charge < -0.3 is 15.2 Å². The molecule has 0 spiro atoms. The molecule has 0 aliphatic carbocycles. The minimum absolute atomic E-state index is 0.105. The smallest absolute Gasteiger partial charge is 0.335 e. The largest absolute Gasteiger partial charge is 0.478 e. The predicted molar refractivity (Wildman–Crippen MR) is 95.3 cm³/mol. The number of hydrogen-bond acceptors (Lipinski definition) is 3. The topological polar surface area (TPSA) is 75.6 Å². The summed E-state index contributed by atoms with van der Waals surface area (Å²) in [5.41, 5.74) is 3.00. The standard InChI is InChI=1S/C20H23NO4/c1-2-25-14-17-9-4-3-8-16(17)13-21-19(22)12-11-15-7-5-6-10-18(15)20(23)24/h3-10H,2,11-14H2,1H3,(H,21,22)(H,23,24). The van der Waals surface area contributed by atoms with Gasteiger partial charge in [-0.25, -0.2) is 4.79 Å². The van der Waals surface area contributed by atoms with E-state index in [9.17, 15) is 14.7 Å². The highest BCUT2D eigenvalue weighted by molar-refractivity contribution is 5.89. The number of benzene rings is 2. The number of carbonyl (C=O) groups excluding carboxylic acids is 1. The Morgan fingerprint density at radius 1 is 1.00 bits per heavy atom. The Morgan fingerprint density at radius 2 is 1.64 bits per heavy atom. The minimum atomic E-state index is -0.971. The second-order valence-corrected chi connectivity index (χ2v) is 5.64. The second kappa shape index (κ2) is 9.59. The first-order valence-corrected chi connectivity index (χ1v) is 8.34. The summed E-state index contributed by atoms with van der Waals surface area (Å²) >= 11 is 0. The highest BCUT2D eigenvalue weighted by atomic mass is 16.5. The quantitative estimate of drug-likeness (QED) is 0.734. The fourth-order valence-corrected chi connectivity index (χ4v) is 2.56. The summed E-state index contributed by atoms with van der Waals surface area (Å²) in [6.07, 6.45) is 0.646. The zero-order chi connectivity index (χ0) is 18.1. The first kappa shape index (κ1) is 18.7. The molecule has 2 aromatic rings. The molecule has 2 aromatic carbocycles. The Bertz CT molecular complexity index is 727. The minimum Gasteiger partial charge on any atom is -0.478 e. The molecule has 0 heterocycles. The van der Waals surface area contributed by atoms with E-state index in [-0.39, 0.29) is 17.9 Å². The highest BCUT2D eigenvalue weighted by Crippen LogP contribution is 2.12. The van der Waals surface area contributed by atoms with Gasteiger partial charge in [-0.15, -0.1) is 0 Å². The van der Waals surface area contributed by atoms with Gasteiger partial charge in [0.15, 0.2) is 0 Å². The van der Waals surface area contributed by atoms with Gasteiger partial charge in [-0.2, -0.15) is 0 Å². The van der Waals surface area contributed by atoms with E-state index in [1.165, 1.54) is 0 Å². The van der Waals surface area contributed by atoms with Crippen molar-refractivity contribution in [3.8, 4) is 0 Å². The lowest BCUT2D eigenvalue weighted by molar-refractivity contribution is -0.121. The van der Waals surface area contributed by atoms with Gasteiger partial charge in [-0.1, -0.05) is 42.5 Å². The van der Waals surface area contributed by atoms with Crippen LogP contribution in [0.3, 0.4) is 0 Å². The lowest BCUT2D eigenvalue weighted by Crippen LogP contribution is -2.24. The summed E-state index contributed by atoms with van der Waals surface area (Å²) in [5, 5.41) is 12.1. The summed E-state index contributed by atoms with van der Waals surface area (Å²) in [6, 6.07) is 14.6. The third-order valence-electron chi connectivity index (χ3n) is 3.93. The SMILES string of the molecule is CCOCc1ccccc1CNC(=O)CCc1ccccc1C(=O)O. The van der Waals surface area contributed by atoms with Crippen molar-refractivity contribution >= 4 is 11.9 Å². The van der Waals surface area contributed by atoms with E-state index >= 15 is 0 Å². The maximum atomic E-state index is 12.1. The summed E-state index contributed by atoms with van der Waals surface area (Å²) in [5.74, 6) is -1.08. The number of carboxylic acid groups (broad SMARTS) is 1. The van der Waals surface area contributed by atoms with Crippen LogP contribution in [0.25, 0.3) is 0 Å². The van der Waals surface area contributed by atoms with Gasteiger partial charge in [0, 0.05) is 19.6 Å². The van der Waals surface area contributed by atoms with E-state index in [4.69, 9.17) is 4.74 Å². The first-order valence-electron chi connectivity index (χ1n) is 8.34. The molecule has 0 aromatic heterocycles. The van der Waals surface area contributed by atoms with Crippen LogP contribution in [-0.4, -0.2) is 23.6 Å². The molecule has 0 aliphatic rings. The molecule has 0 saturated carbocycles. The van der Waals surface area contributed by atoms with Crippen molar-refractivity contribution in [1.29, 1.82) is 0 Å². The van der Waals surface area contributed by atoms with Crippen LogP contribution in [0.15, 0.2) is 48.5 Å². The van der Waals surface area contributed by atoms with Gasteiger partial charge in [0.2, 0.25) is 5.91 Å². The predicted octanol–water partition coefficient (Wildman–Crippen LogP) is 3.17. The molecule has 5 heteroatoms. The number of carboxylic acids is 1. The summed E-state index contributed by atoms with van der Waals surface area (Å²) in [4.78, 5) is 23.3. The molecule has 0 aliphatic heterocycles. The summed E-state index contributed by atoms with van der Waals surface area (Å²) in [7, 11) is 0. The van der Waals surface area contributed by atoms with Gasteiger partial charge in [0.25, 0.3) is 0 Å². The molecule has 2 rings (SSSR count). The van der Waals surface area contributed by atoms with E-state index in [1.54, 1.807) is 24.3 Å². The number of aromatic carboxylic acids is 1. The van der Waals surface area contributed by atoms with Crippen LogP contribution in [0.5, 0.6) is 0 Å². The summed E-state index contributed by atoms with van der Waals surface area (Å²) < 4.78 is 5.44. The first-order chi connectivity index (χ1) is 12.1. The van der Waals surface area contributed by atoms with Crippen LogP contribution in [-0.2, 0) is 29.1 Å². The molecule has 132 valence electrons. The van der Waals surface area contributed by atoms with Gasteiger partial charge in [-0.05, 0) is 36.1 Å². The molecule has 0 atom stereocenters. The normalized spacial score (nSPS) is 10.4. The van der Waals surface area contributed by atoms with Crippen LogP contribution < -0.4 is 5.32 Å². The Morgan fingerprint density at radius 3 is 2.32 bits per heavy atom. The average molecular weight is 341 g/mol. The number of amides is 1. The van der Waals surface area contributed by atoms with Crippen molar-refractivity contribution in [2.24, 2.45) is 0 Å². The Hall–Kier alpha value is -2.66. The fraction of sp³-hybridized carbons (Fsp3) is 0.300. The van der Waals surface area contributed by atoms with Crippen molar-refractivity contribution < 1.29 is 19.4 Å². The number of rotatable bonds is 9. The second-order valence-electron chi connectivity index (χ2n) is 5.64. The van der Waals surface area contributed by atoms with Crippen LogP contribution in [0.1, 0.15) is 40.4 Å². The van der Waals surface area contributed by atoms with E-state index in [0.29, 0.717) is 31.7 Å². The Balaban J connectivity index is 1.89. The molecule has 5 nitrogen and oxygen atoms in total. The van der Waals surface area contributed by atoms with Crippen molar-refractivity contribution in [2.75, 3.05) is 6.61 Å². The third kappa shape index (κ3) is 5.72. The molecular formula is C20H23NO4. The molecule has 1 amide bonds. The third-order valence-corrected chi connectivity index (χ3v) is 3.93. The molecule has 0 bridgehead atoms. The monoisotopic (exact) mass is 341 g/mol. The lowest BCUT2D eigenvalue weighted by atomic mass is 10.0. The van der Waals surface area contributed by atoms with Crippen molar-refractivity contribution in [1.82, 2.24) is 5.32 Å². The van der Waals surface area contributed by atoms with Crippen molar-refractivity contribution in [3.05, 3.63) is 70.8 Å². The van der Waals surface area contributed by atoms with E-state index in [0.717, 1.165) is 11.1 Å². The number of aryl methyl sites for hydroxylation is 1. The number of ether oxygens (including phenoxy) is 1. The molecule has 0 unspecified atom stereocenters. The van der Waals surface area contributed by atoms with Gasteiger partial charge in [-0.3, -0.25) is 4.79 Å². The summed E-state index contributed by atoms with van der Waals surface area (Å²) in [6.45, 7) is 3.54. The average Bonchev–Trinajstić information content (AvgIpc) is 2.63. The van der Waals surface area contributed by atoms with Gasteiger partial charge in [0.1, 0.15) is 0 Å². The maximum Gasteiger partial charge on any atom is 0.335 e. The molecule has 2 N–H and O–H groups in total. The van der Waals surface area contributed by atoms with Gasteiger partial charge in [0.05, 0.1) is 12.2 Å².